The van der Waals surface area contributed by atoms with Crippen LogP contribution in [0, 0.1) is 0 Å². The van der Waals surface area contributed by atoms with Gasteiger partial charge in [-0.1, -0.05) is 12.1 Å². The summed E-state index contributed by atoms with van der Waals surface area (Å²) in [6.45, 7) is 10.1. The van der Waals surface area contributed by atoms with Gasteiger partial charge in [-0.15, -0.1) is 0 Å². The number of fused-ring (bicyclic) bond motifs is 1. The molecule has 0 atom stereocenters. The summed E-state index contributed by atoms with van der Waals surface area (Å²) in [6.07, 6.45) is 0. The molecule has 0 bridgehead atoms. The Morgan fingerprint density at radius 3 is 2.42 bits per heavy atom. The number of carbonyl (C=O) groups excluding carboxylic acids is 1. The van der Waals surface area contributed by atoms with Crippen LogP contribution in [0.5, 0.6) is 0 Å². The fourth-order valence-electron chi connectivity index (χ4n) is 3.61. The molecule has 26 heavy (non-hydrogen) atoms. The first-order chi connectivity index (χ1) is 12.4. The van der Waals surface area contributed by atoms with E-state index in [4.69, 9.17) is 0 Å². The van der Waals surface area contributed by atoms with Crippen molar-refractivity contribution in [2.75, 3.05) is 32.7 Å². The summed E-state index contributed by atoms with van der Waals surface area (Å²) in [7, 11) is 0. The molecule has 1 aliphatic heterocycles. The summed E-state index contributed by atoms with van der Waals surface area (Å²) in [5.74, 6) is -0.0682. The van der Waals surface area contributed by atoms with E-state index in [0.29, 0.717) is 24.0 Å². The van der Waals surface area contributed by atoms with Crippen molar-refractivity contribution in [3.8, 4) is 0 Å². The van der Waals surface area contributed by atoms with Crippen molar-refractivity contribution in [2.24, 2.45) is 0 Å². The van der Waals surface area contributed by atoms with Crippen molar-refractivity contribution in [3.05, 3.63) is 45.1 Å². The van der Waals surface area contributed by atoms with Crippen LogP contribution in [0.15, 0.2) is 33.9 Å². The van der Waals surface area contributed by atoms with E-state index in [2.05, 4.69) is 6.92 Å². The first-order valence-corrected chi connectivity index (χ1v) is 9.29. The standard InChI is InChI=1S/C19H26N4O3/c1-4-20-9-11-21(12-10-20)17(24)13-22-16-8-6-5-7-15(16)18(25)23(14(2)3)19(22)26/h5-8,14H,4,9-13H2,1-3H3/p+1. The topological polar surface area (TPSA) is 68.8 Å². The van der Waals surface area contributed by atoms with Crippen molar-refractivity contribution in [3.63, 3.8) is 0 Å². The molecule has 2 heterocycles. The number of carbonyl (C=O) groups is 1. The molecular weight excluding hydrogens is 332 g/mol. The Morgan fingerprint density at radius 1 is 1.15 bits per heavy atom. The maximum absolute atomic E-state index is 12.9. The van der Waals surface area contributed by atoms with E-state index in [1.165, 1.54) is 14.0 Å². The van der Waals surface area contributed by atoms with E-state index >= 15 is 0 Å². The molecule has 1 N–H and O–H groups in total. The van der Waals surface area contributed by atoms with Crippen LogP contribution >= 0.6 is 0 Å². The lowest BCUT2D eigenvalue weighted by Crippen LogP contribution is -3.14. The van der Waals surface area contributed by atoms with Gasteiger partial charge >= 0.3 is 5.69 Å². The molecule has 2 aromatic rings. The van der Waals surface area contributed by atoms with E-state index in [1.807, 2.05) is 4.90 Å². The van der Waals surface area contributed by atoms with Crippen LogP contribution in [0.2, 0.25) is 0 Å². The molecule has 1 aliphatic rings. The Morgan fingerprint density at radius 2 is 1.81 bits per heavy atom. The minimum absolute atomic E-state index is 0.0339. The molecule has 1 aromatic heterocycles. The number of piperazine rings is 1. The second-order valence-corrected chi connectivity index (χ2v) is 7.14. The van der Waals surface area contributed by atoms with Crippen LogP contribution in [0.4, 0.5) is 0 Å². The number of nitrogens with one attached hydrogen (secondary N) is 1. The highest BCUT2D eigenvalue weighted by Crippen LogP contribution is 2.10. The van der Waals surface area contributed by atoms with Gasteiger partial charge in [0.05, 0.1) is 43.6 Å². The number of para-hydroxylation sites is 1. The van der Waals surface area contributed by atoms with Gasteiger partial charge in [0.2, 0.25) is 5.91 Å². The van der Waals surface area contributed by atoms with Gasteiger partial charge in [0.15, 0.2) is 0 Å². The zero-order valence-electron chi connectivity index (χ0n) is 15.7. The van der Waals surface area contributed by atoms with Crippen molar-refractivity contribution < 1.29 is 9.69 Å². The summed E-state index contributed by atoms with van der Waals surface area (Å²) in [5, 5.41) is 0.467. The largest absolute Gasteiger partial charge is 0.332 e. The van der Waals surface area contributed by atoms with Crippen molar-refractivity contribution in [2.45, 2.75) is 33.4 Å². The summed E-state index contributed by atoms with van der Waals surface area (Å²) >= 11 is 0. The molecule has 0 spiro atoms. The zero-order valence-corrected chi connectivity index (χ0v) is 15.7. The Labute approximate surface area is 152 Å². The molecule has 1 fully saturated rings. The zero-order chi connectivity index (χ0) is 18.8. The molecule has 0 aliphatic carbocycles. The molecule has 3 rings (SSSR count). The maximum Gasteiger partial charge on any atom is 0.332 e. The van der Waals surface area contributed by atoms with E-state index < -0.39 is 5.69 Å². The highest BCUT2D eigenvalue weighted by Gasteiger charge is 2.24. The minimum Gasteiger partial charge on any atom is -0.332 e. The number of hydrogen-bond donors (Lipinski definition) is 1. The van der Waals surface area contributed by atoms with Crippen LogP contribution in [0.1, 0.15) is 26.8 Å². The third-order valence-corrected chi connectivity index (χ3v) is 5.21. The predicted molar refractivity (Wildman–Crippen MR) is 101 cm³/mol. The summed E-state index contributed by atoms with van der Waals surface area (Å²) in [5.41, 5.74) is -0.204. The number of quaternary nitrogens is 1. The fraction of sp³-hybridized carbons (Fsp3) is 0.526. The number of hydrogen-bond acceptors (Lipinski definition) is 3. The summed E-state index contributed by atoms with van der Waals surface area (Å²) in [6, 6.07) is 6.73. The highest BCUT2D eigenvalue weighted by atomic mass is 16.2. The van der Waals surface area contributed by atoms with Gasteiger partial charge in [0.25, 0.3) is 5.56 Å². The fourth-order valence-corrected chi connectivity index (χ4v) is 3.61. The van der Waals surface area contributed by atoms with Crippen LogP contribution in [0.3, 0.4) is 0 Å². The van der Waals surface area contributed by atoms with Gasteiger partial charge in [-0.2, -0.15) is 0 Å². The average Bonchev–Trinajstić information content (AvgIpc) is 2.65. The van der Waals surface area contributed by atoms with E-state index in [1.54, 1.807) is 38.1 Å². The Hall–Kier alpha value is -2.41. The first-order valence-electron chi connectivity index (χ1n) is 9.29. The molecule has 1 amide bonds. The Balaban J connectivity index is 1.99. The van der Waals surface area contributed by atoms with Gasteiger partial charge in [-0.25, -0.2) is 4.79 Å². The third kappa shape index (κ3) is 3.31. The number of aromatic nitrogens is 2. The van der Waals surface area contributed by atoms with E-state index in [0.717, 1.165) is 19.6 Å². The lowest BCUT2D eigenvalue weighted by Gasteiger charge is -2.32. The van der Waals surface area contributed by atoms with Gasteiger partial charge in [0, 0.05) is 6.04 Å². The number of likely N-dealkylation sites (N-methyl/N-ethyl adjacent to an activating group) is 1. The Kier molecular flexibility index (Phi) is 5.27. The number of amides is 1. The minimum atomic E-state index is -0.421. The van der Waals surface area contributed by atoms with E-state index in [-0.39, 0.29) is 24.1 Å². The van der Waals surface area contributed by atoms with E-state index in [9.17, 15) is 14.4 Å². The number of rotatable bonds is 4. The molecular formula is C19H27N4O3+. The monoisotopic (exact) mass is 359 g/mol. The molecule has 0 saturated carbocycles. The normalized spacial score (nSPS) is 15.8. The lowest BCUT2D eigenvalue weighted by atomic mass is 10.2. The molecule has 0 radical (unpaired) electrons. The smallest absolute Gasteiger partial charge is 0.332 e. The first kappa shape index (κ1) is 18.4. The average molecular weight is 359 g/mol. The van der Waals surface area contributed by atoms with Crippen LogP contribution in [0.25, 0.3) is 10.9 Å². The van der Waals surface area contributed by atoms with Crippen LogP contribution in [-0.2, 0) is 11.3 Å². The molecule has 140 valence electrons. The second-order valence-electron chi connectivity index (χ2n) is 7.14. The maximum atomic E-state index is 12.9. The molecule has 1 aromatic carbocycles. The molecule has 7 heteroatoms. The van der Waals surface area contributed by atoms with Gasteiger partial charge in [0.1, 0.15) is 6.54 Å². The van der Waals surface area contributed by atoms with Gasteiger partial charge in [-0.05, 0) is 32.9 Å². The van der Waals surface area contributed by atoms with Gasteiger partial charge < -0.3 is 9.80 Å². The third-order valence-electron chi connectivity index (χ3n) is 5.21. The van der Waals surface area contributed by atoms with Crippen LogP contribution in [-0.4, -0.2) is 52.7 Å². The summed E-state index contributed by atoms with van der Waals surface area (Å²) < 4.78 is 2.67. The van der Waals surface area contributed by atoms with Gasteiger partial charge in [-0.3, -0.25) is 18.7 Å². The van der Waals surface area contributed by atoms with Crippen LogP contribution < -0.4 is 16.1 Å². The second kappa shape index (κ2) is 7.45. The SMILES string of the molecule is CC[NH+]1CCN(C(=O)Cn2c(=O)n(C(C)C)c(=O)c3ccccc32)CC1. The van der Waals surface area contributed by atoms with Crippen molar-refractivity contribution >= 4 is 16.8 Å². The lowest BCUT2D eigenvalue weighted by molar-refractivity contribution is -0.902. The molecule has 0 unspecified atom stereocenters. The summed E-state index contributed by atoms with van der Waals surface area (Å²) in [4.78, 5) is 41.7. The van der Waals surface area contributed by atoms with Crippen molar-refractivity contribution in [1.82, 2.24) is 14.0 Å². The quantitative estimate of drug-likeness (QED) is 0.800. The number of benzene rings is 1. The Bertz CT molecular complexity index is 921. The van der Waals surface area contributed by atoms with Crippen molar-refractivity contribution in [1.29, 1.82) is 0 Å². The highest BCUT2D eigenvalue weighted by molar-refractivity contribution is 5.81. The molecule has 1 saturated heterocycles. The number of nitrogens with zero attached hydrogens (tertiary/aromatic N) is 3. The predicted octanol–water partition coefficient (Wildman–Crippen LogP) is -0.509. The molecule has 7 nitrogen and oxygen atoms in total.